The lowest BCUT2D eigenvalue weighted by Crippen LogP contribution is -2.16. The molecule has 0 aliphatic carbocycles. The van der Waals surface area contributed by atoms with Gasteiger partial charge < -0.3 is 9.55 Å². The predicted octanol–water partition coefficient (Wildman–Crippen LogP) is 2.48. The molecule has 0 atom stereocenters. The van der Waals surface area contributed by atoms with Gasteiger partial charge in [-0.3, -0.25) is 4.79 Å². The maximum Gasteiger partial charge on any atom is 0.274 e. The Balaban J connectivity index is 2.06. The van der Waals surface area contributed by atoms with E-state index in [2.05, 4.69) is 15.0 Å². The summed E-state index contributed by atoms with van der Waals surface area (Å²) in [5.41, 5.74) is 3.56. The highest BCUT2D eigenvalue weighted by atomic mass is 16.1. The normalized spacial score (nSPS) is 11.3. The second-order valence-corrected chi connectivity index (χ2v) is 5.02. The van der Waals surface area contributed by atoms with Crippen LogP contribution in [0.2, 0.25) is 0 Å². The van der Waals surface area contributed by atoms with E-state index in [0.29, 0.717) is 5.52 Å². The van der Waals surface area contributed by atoms with Crippen molar-refractivity contribution in [3.63, 3.8) is 0 Å². The molecule has 0 aliphatic rings. The van der Waals surface area contributed by atoms with Gasteiger partial charge in [0.15, 0.2) is 0 Å². The highest BCUT2D eigenvalue weighted by molar-refractivity contribution is 5.96. The summed E-state index contributed by atoms with van der Waals surface area (Å²) in [5, 5.41) is 1.90. The van der Waals surface area contributed by atoms with Crippen LogP contribution in [0.1, 0.15) is 0 Å². The van der Waals surface area contributed by atoms with Crippen molar-refractivity contribution in [3.8, 4) is 11.1 Å². The zero-order chi connectivity index (χ0) is 14.4. The summed E-state index contributed by atoms with van der Waals surface area (Å²) < 4.78 is 1.60. The minimum absolute atomic E-state index is 0.0251. The zero-order valence-electron chi connectivity index (χ0n) is 11.4. The third-order valence-electron chi connectivity index (χ3n) is 3.71. The van der Waals surface area contributed by atoms with Crippen molar-refractivity contribution in [3.05, 3.63) is 59.5 Å². The summed E-state index contributed by atoms with van der Waals surface area (Å²) in [5.74, 6) is 0. The maximum atomic E-state index is 12.1. The van der Waals surface area contributed by atoms with Crippen LogP contribution in [0, 0.1) is 0 Å². The van der Waals surface area contributed by atoms with Crippen molar-refractivity contribution in [2.75, 3.05) is 0 Å². The number of aromatic amines is 1. The van der Waals surface area contributed by atoms with Gasteiger partial charge in [-0.2, -0.15) is 0 Å². The van der Waals surface area contributed by atoms with E-state index >= 15 is 0 Å². The summed E-state index contributed by atoms with van der Waals surface area (Å²) in [4.78, 5) is 23.4. The fourth-order valence-electron chi connectivity index (χ4n) is 2.65. The van der Waals surface area contributed by atoms with Gasteiger partial charge >= 0.3 is 0 Å². The molecule has 0 unspecified atom stereocenters. The molecule has 102 valence electrons. The van der Waals surface area contributed by atoms with Crippen LogP contribution in [0.25, 0.3) is 32.9 Å². The molecule has 0 spiro atoms. The van der Waals surface area contributed by atoms with Crippen LogP contribution in [0.5, 0.6) is 0 Å². The topological polar surface area (TPSA) is 63.6 Å². The molecule has 0 aliphatic heterocycles. The van der Waals surface area contributed by atoms with E-state index in [1.54, 1.807) is 30.3 Å². The molecule has 0 fully saturated rings. The summed E-state index contributed by atoms with van der Waals surface area (Å²) in [6.07, 6.45) is 6.99. The first-order valence-electron chi connectivity index (χ1n) is 6.61. The highest BCUT2D eigenvalue weighted by Crippen LogP contribution is 2.28. The number of H-pyrrole nitrogens is 1. The number of aryl methyl sites for hydroxylation is 1. The number of nitrogens with zero attached hydrogens (tertiary/aromatic N) is 3. The number of fused-ring (bicyclic) bond motifs is 2. The van der Waals surface area contributed by atoms with Crippen LogP contribution < -0.4 is 5.56 Å². The minimum atomic E-state index is -0.0251. The lowest BCUT2D eigenvalue weighted by Gasteiger charge is -2.07. The van der Waals surface area contributed by atoms with Crippen molar-refractivity contribution < 1.29 is 0 Å². The van der Waals surface area contributed by atoms with Crippen molar-refractivity contribution in [1.29, 1.82) is 0 Å². The van der Waals surface area contributed by atoms with Gasteiger partial charge in [0.2, 0.25) is 0 Å². The molecule has 3 aromatic heterocycles. The number of hydrogen-bond donors (Lipinski definition) is 1. The van der Waals surface area contributed by atoms with E-state index in [1.165, 1.54) is 0 Å². The molecular formula is C16H12N4O. The lowest BCUT2D eigenvalue weighted by atomic mass is 10.0. The van der Waals surface area contributed by atoms with Gasteiger partial charge in [0.25, 0.3) is 5.56 Å². The molecule has 1 aromatic carbocycles. The van der Waals surface area contributed by atoms with E-state index in [-0.39, 0.29) is 5.56 Å². The Morgan fingerprint density at radius 2 is 2.14 bits per heavy atom. The first-order chi connectivity index (χ1) is 10.2. The average Bonchev–Trinajstić information content (AvgIpc) is 3.00. The van der Waals surface area contributed by atoms with Crippen LogP contribution in [-0.4, -0.2) is 19.5 Å². The fourth-order valence-corrected chi connectivity index (χ4v) is 2.65. The van der Waals surface area contributed by atoms with Crippen molar-refractivity contribution in [2.24, 2.45) is 7.05 Å². The number of hydrogen-bond acceptors (Lipinski definition) is 3. The Morgan fingerprint density at radius 3 is 3.05 bits per heavy atom. The summed E-state index contributed by atoms with van der Waals surface area (Å²) in [6, 6.07) is 7.96. The van der Waals surface area contributed by atoms with Crippen molar-refractivity contribution in [1.82, 2.24) is 19.5 Å². The first kappa shape index (κ1) is 11.8. The Kier molecular flexibility index (Phi) is 2.41. The lowest BCUT2D eigenvalue weighted by molar-refractivity contribution is 0.872. The number of benzene rings is 1. The molecule has 5 heteroatoms. The number of rotatable bonds is 1. The summed E-state index contributed by atoms with van der Waals surface area (Å²) in [7, 11) is 1.76. The molecule has 21 heavy (non-hydrogen) atoms. The Morgan fingerprint density at radius 1 is 1.24 bits per heavy atom. The number of aromatic nitrogens is 4. The van der Waals surface area contributed by atoms with Gasteiger partial charge in [-0.15, -0.1) is 0 Å². The molecule has 0 saturated carbocycles. The van der Waals surface area contributed by atoms with Crippen LogP contribution in [0.3, 0.4) is 0 Å². The standard InChI is InChI=1S/C16H12N4O/c1-20-8-13(12-4-5-18-15(12)16(20)21)10-2-3-14-11(6-10)7-17-9-19-14/h2-9,18H,1H3. The number of nitrogens with one attached hydrogen (secondary N) is 1. The molecule has 4 rings (SSSR count). The van der Waals surface area contributed by atoms with Crippen LogP contribution >= 0.6 is 0 Å². The smallest absolute Gasteiger partial charge is 0.274 e. The quantitative estimate of drug-likeness (QED) is 0.581. The molecule has 0 amide bonds. The molecule has 4 aromatic rings. The van der Waals surface area contributed by atoms with E-state index in [4.69, 9.17) is 0 Å². The Bertz CT molecular complexity index is 1030. The third kappa shape index (κ3) is 1.74. The van der Waals surface area contributed by atoms with Gasteiger partial charge in [0.05, 0.1) is 5.52 Å². The molecule has 0 bridgehead atoms. The second kappa shape index (κ2) is 4.28. The van der Waals surface area contributed by atoms with E-state index < -0.39 is 0 Å². The first-order valence-corrected chi connectivity index (χ1v) is 6.61. The minimum Gasteiger partial charge on any atom is -0.357 e. The van der Waals surface area contributed by atoms with Crippen molar-refractivity contribution in [2.45, 2.75) is 0 Å². The molecular weight excluding hydrogens is 264 g/mol. The Hall–Kier alpha value is -2.95. The van der Waals surface area contributed by atoms with Crippen molar-refractivity contribution >= 4 is 21.8 Å². The SMILES string of the molecule is Cn1cc(-c2ccc3ncncc3c2)c2cc[nH]c2c1=O. The van der Waals surface area contributed by atoms with Gasteiger partial charge in [0, 0.05) is 42.0 Å². The van der Waals surface area contributed by atoms with Gasteiger partial charge in [-0.05, 0) is 23.8 Å². The fraction of sp³-hybridized carbons (Fsp3) is 0.0625. The molecule has 3 heterocycles. The highest BCUT2D eigenvalue weighted by Gasteiger charge is 2.10. The van der Waals surface area contributed by atoms with Gasteiger partial charge in [-0.25, -0.2) is 9.97 Å². The summed E-state index contributed by atoms with van der Waals surface area (Å²) >= 11 is 0. The molecule has 0 radical (unpaired) electrons. The van der Waals surface area contributed by atoms with E-state index in [0.717, 1.165) is 27.4 Å². The van der Waals surface area contributed by atoms with Crippen LogP contribution in [0.15, 0.2) is 54.0 Å². The zero-order valence-corrected chi connectivity index (χ0v) is 11.4. The van der Waals surface area contributed by atoms with Crippen LogP contribution in [0.4, 0.5) is 0 Å². The maximum absolute atomic E-state index is 12.1. The van der Waals surface area contributed by atoms with E-state index in [1.807, 2.05) is 30.5 Å². The Labute approximate surface area is 119 Å². The predicted molar refractivity (Wildman–Crippen MR) is 82.1 cm³/mol. The monoisotopic (exact) mass is 276 g/mol. The largest absolute Gasteiger partial charge is 0.357 e. The van der Waals surface area contributed by atoms with Gasteiger partial charge in [-0.1, -0.05) is 6.07 Å². The summed E-state index contributed by atoms with van der Waals surface area (Å²) in [6.45, 7) is 0. The molecule has 1 N–H and O–H groups in total. The van der Waals surface area contributed by atoms with Crippen LogP contribution in [-0.2, 0) is 7.05 Å². The molecule has 5 nitrogen and oxygen atoms in total. The molecule has 0 saturated heterocycles. The average molecular weight is 276 g/mol. The van der Waals surface area contributed by atoms with E-state index in [9.17, 15) is 4.79 Å². The number of pyridine rings is 1. The van der Waals surface area contributed by atoms with Gasteiger partial charge in [0.1, 0.15) is 11.8 Å². The third-order valence-corrected chi connectivity index (χ3v) is 3.71. The second-order valence-electron chi connectivity index (χ2n) is 5.02.